The summed E-state index contributed by atoms with van der Waals surface area (Å²) in [4.78, 5) is 22.9. The summed E-state index contributed by atoms with van der Waals surface area (Å²) in [5, 5.41) is 0.418. The van der Waals surface area contributed by atoms with Crippen molar-refractivity contribution >= 4 is 17.5 Å². The van der Waals surface area contributed by atoms with E-state index >= 15 is 0 Å². The lowest BCUT2D eigenvalue weighted by molar-refractivity contribution is 0.0560. The smallest absolute Gasteiger partial charge is 0.254 e. The highest BCUT2D eigenvalue weighted by atomic mass is 35.5. The molecule has 0 N–H and O–H groups in total. The van der Waals surface area contributed by atoms with Gasteiger partial charge in [0.05, 0.1) is 12.2 Å². The highest BCUT2D eigenvalue weighted by Gasteiger charge is 2.40. The van der Waals surface area contributed by atoms with Gasteiger partial charge in [-0.2, -0.15) is 0 Å². The van der Waals surface area contributed by atoms with Gasteiger partial charge in [0, 0.05) is 52.4 Å². The Kier molecular flexibility index (Phi) is 5.87. The third kappa shape index (κ3) is 4.36. The normalized spacial score (nSPS) is 19.7. The van der Waals surface area contributed by atoms with E-state index in [9.17, 15) is 13.6 Å². The van der Waals surface area contributed by atoms with E-state index in [4.69, 9.17) is 11.6 Å². The zero-order valence-corrected chi connectivity index (χ0v) is 18.9. The molecule has 0 spiro atoms. The lowest BCUT2D eigenvalue weighted by atomic mass is 9.79. The molecule has 5 rings (SSSR count). The Bertz CT molecular complexity index is 1200. The minimum absolute atomic E-state index is 0.123. The Labute approximate surface area is 196 Å². The molecule has 1 aliphatic heterocycles. The quantitative estimate of drug-likeness (QED) is 0.446. The molecular weight excluding hydrogens is 444 g/mol. The van der Waals surface area contributed by atoms with E-state index in [1.807, 2.05) is 12.1 Å². The van der Waals surface area contributed by atoms with Crippen molar-refractivity contribution in [1.82, 2.24) is 14.9 Å². The number of halogens is 3. The molecular formula is C26H24ClF2N3O. The Morgan fingerprint density at radius 3 is 2.61 bits per heavy atom. The predicted octanol–water partition coefficient (Wildman–Crippen LogP) is 6.39. The summed E-state index contributed by atoms with van der Waals surface area (Å²) in [5.41, 5.74) is 2.77. The first kappa shape index (κ1) is 22.0. The number of hydrogen-bond acceptors (Lipinski definition) is 3. The topological polar surface area (TPSA) is 46.1 Å². The molecule has 170 valence electrons. The molecule has 1 atom stereocenters. The fourth-order valence-electron chi connectivity index (χ4n) is 4.52. The SMILES string of the molecule is O=C(c1ccc(-c2cncc(-c3ccnc(C4(F)CCC4)c3)c2)c(Cl)c1)N1CCC[C@@H](F)C1. The van der Waals surface area contributed by atoms with E-state index in [-0.39, 0.29) is 12.5 Å². The number of benzene rings is 1. The summed E-state index contributed by atoms with van der Waals surface area (Å²) in [6.45, 7) is 0.678. The van der Waals surface area contributed by atoms with E-state index in [0.29, 0.717) is 48.5 Å². The molecule has 3 aromatic rings. The van der Waals surface area contributed by atoms with Crippen LogP contribution in [0.5, 0.6) is 0 Å². The molecule has 0 bridgehead atoms. The van der Waals surface area contributed by atoms with Crippen LogP contribution in [0, 0.1) is 0 Å². The van der Waals surface area contributed by atoms with Crippen molar-refractivity contribution in [3.63, 3.8) is 0 Å². The standard InChI is InChI=1S/C26H24ClF2N3O/c27-23-12-18(25(33)32-10-1-3-21(28)16-32)4-5-22(23)20-11-19(14-30-15-20)17-6-9-31-24(13-17)26(29)7-2-8-26/h4-6,9,11-15,21H,1-3,7-8,10,16H2/t21-/m1/s1. The predicted molar refractivity (Wildman–Crippen MR) is 125 cm³/mol. The number of likely N-dealkylation sites (tertiary alicyclic amines) is 1. The van der Waals surface area contributed by atoms with E-state index < -0.39 is 11.8 Å². The molecule has 1 aliphatic carbocycles. The van der Waals surface area contributed by atoms with Crippen molar-refractivity contribution in [3.8, 4) is 22.3 Å². The molecule has 3 heterocycles. The van der Waals surface area contributed by atoms with Crippen molar-refractivity contribution in [2.24, 2.45) is 0 Å². The van der Waals surface area contributed by atoms with Gasteiger partial charge in [-0.3, -0.25) is 14.8 Å². The van der Waals surface area contributed by atoms with Crippen LogP contribution in [0.3, 0.4) is 0 Å². The second-order valence-corrected chi connectivity index (χ2v) is 9.30. The number of amides is 1. The number of piperidine rings is 1. The van der Waals surface area contributed by atoms with Crippen LogP contribution in [0.25, 0.3) is 22.3 Å². The van der Waals surface area contributed by atoms with Gasteiger partial charge in [0.15, 0.2) is 5.67 Å². The first-order valence-corrected chi connectivity index (χ1v) is 11.6. The maximum atomic E-state index is 14.8. The van der Waals surface area contributed by atoms with Gasteiger partial charge in [0.2, 0.25) is 0 Å². The van der Waals surface area contributed by atoms with Crippen LogP contribution in [-0.4, -0.2) is 40.0 Å². The average molecular weight is 468 g/mol. The highest BCUT2D eigenvalue weighted by Crippen LogP contribution is 2.44. The van der Waals surface area contributed by atoms with Gasteiger partial charge in [-0.1, -0.05) is 17.7 Å². The van der Waals surface area contributed by atoms with Crippen LogP contribution in [-0.2, 0) is 5.67 Å². The largest absolute Gasteiger partial charge is 0.336 e. The van der Waals surface area contributed by atoms with Crippen LogP contribution < -0.4 is 0 Å². The summed E-state index contributed by atoms with van der Waals surface area (Å²) < 4.78 is 28.6. The minimum atomic E-state index is -1.33. The number of carbonyl (C=O) groups is 1. The number of hydrogen-bond donors (Lipinski definition) is 0. The van der Waals surface area contributed by atoms with Gasteiger partial charge in [0.25, 0.3) is 5.91 Å². The van der Waals surface area contributed by atoms with Gasteiger partial charge >= 0.3 is 0 Å². The second-order valence-electron chi connectivity index (χ2n) is 8.90. The molecule has 33 heavy (non-hydrogen) atoms. The van der Waals surface area contributed by atoms with Gasteiger partial charge in [0.1, 0.15) is 6.17 Å². The minimum Gasteiger partial charge on any atom is -0.336 e. The molecule has 4 nitrogen and oxygen atoms in total. The van der Waals surface area contributed by atoms with Crippen LogP contribution in [0.2, 0.25) is 5.02 Å². The van der Waals surface area contributed by atoms with Crippen LogP contribution >= 0.6 is 11.6 Å². The molecule has 0 radical (unpaired) electrons. The first-order valence-electron chi connectivity index (χ1n) is 11.3. The zero-order chi connectivity index (χ0) is 23.0. The molecule has 1 saturated heterocycles. The molecule has 0 unspecified atom stereocenters. The molecule has 2 aliphatic rings. The Hall–Kier alpha value is -2.86. The van der Waals surface area contributed by atoms with Crippen LogP contribution in [0.1, 0.15) is 48.2 Å². The van der Waals surface area contributed by atoms with Crippen molar-refractivity contribution in [2.75, 3.05) is 13.1 Å². The van der Waals surface area contributed by atoms with Gasteiger partial charge in [-0.05, 0) is 68.0 Å². The monoisotopic (exact) mass is 467 g/mol. The summed E-state index contributed by atoms with van der Waals surface area (Å²) in [6, 6.07) is 10.7. The Morgan fingerprint density at radius 1 is 1.06 bits per heavy atom. The summed E-state index contributed by atoms with van der Waals surface area (Å²) >= 11 is 6.55. The van der Waals surface area contributed by atoms with Gasteiger partial charge < -0.3 is 4.90 Å². The van der Waals surface area contributed by atoms with E-state index in [1.54, 1.807) is 47.8 Å². The fourth-order valence-corrected chi connectivity index (χ4v) is 4.81. The molecule has 1 aromatic carbocycles. The first-order chi connectivity index (χ1) is 15.9. The van der Waals surface area contributed by atoms with E-state index in [0.717, 1.165) is 28.7 Å². The lowest BCUT2D eigenvalue weighted by Crippen LogP contribution is -2.40. The number of rotatable bonds is 4. The van der Waals surface area contributed by atoms with Crippen LogP contribution in [0.4, 0.5) is 8.78 Å². The van der Waals surface area contributed by atoms with E-state index in [2.05, 4.69) is 9.97 Å². The third-order valence-electron chi connectivity index (χ3n) is 6.61. The van der Waals surface area contributed by atoms with E-state index in [1.165, 1.54) is 0 Å². The third-order valence-corrected chi connectivity index (χ3v) is 6.93. The van der Waals surface area contributed by atoms with Crippen molar-refractivity contribution < 1.29 is 13.6 Å². The van der Waals surface area contributed by atoms with Crippen molar-refractivity contribution in [3.05, 3.63) is 71.3 Å². The lowest BCUT2D eigenvalue weighted by Gasteiger charge is -2.33. The van der Waals surface area contributed by atoms with Crippen molar-refractivity contribution in [1.29, 1.82) is 0 Å². The van der Waals surface area contributed by atoms with Gasteiger partial charge in [-0.15, -0.1) is 0 Å². The summed E-state index contributed by atoms with van der Waals surface area (Å²) in [6.07, 6.45) is 7.14. The Morgan fingerprint density at radius 2 is 1.88 bits per heavy atom. The average Bonchev–Trinajstić information content (AvgIpc) is 2.82. The fraction of sp³-hybridized carbons (Fsp3) is 0.346. The number of pyridine rings is 2. The number of carbonyl (C=O) groups excluding carboxylic acids is 1. The highest BCUT2D eigenvalue weighted by molar-refractivity contribution is 6.33. The molecule has 1 saturated carbocycles. The Balaban J connectivity index is 1.41. The second kappa shape index (κ2) is 8.82. The maximum absolute atomic E-state index is 14.8. The van der Waals surface area contributed by atoms with Crippen molar-refractivity contribution in [2.45, 2.75) is 43.9 Å². The number of nitrogens with zero attached hydrogens (tertiary/aromatic N) is 3. The summed E-state index contributed by atoms with van der Waals surface area (Å²) in [5.74, 6) is -0.210. The van der Waals surface area contributed by atoms with Crippen LogP contribution in [0.15, 0.2) is 55.0 Å². The number of alkyl halides is 2. The molecule has 1 amide bonds. The maximum Gasteiger partial charge on any atom is 0.254 e. The zero-order valence-electron chi connectivity index (χ0n) is 18.1. The number of aromatic nitrogens is 2. The van der Waals surface area contributed by atoms with Gasteiger partial charge in [-0.25, -0.2) is 8.78 Å². The molecule has 2 fully saturated rings. The molecule has 7 heteroatoms. The molecule has 2 aromatic heterocycles. The summed E-state index contributed by atoms with van der Waals surface area (Å²) in [7, 11) is 0.